The fraction of sp³-hybridized carbons (Fsp3) is 0.455. The zero-order valence-electron chi connectivity index (χ0n) is 9.56. The highest BCUT2D eigenvalue weighted by Gasteiger charge is 2.17. The van der Waals surface area contributed by atoms with Crippen LogP contribution in [0.4, 0.5) is 4.39 Å². The van der Waals surface area contributed by atoms with Crippen molar-refractivity contribution in [3.63, 3.8) is 0 Å². The molecule has 0 aliphatic carbocycles. The highest BCUT2D eigenvalue weighted by molar-refractivity contribution is 6.31. The molecule has 3 nitrogen and oxygen atoms in total. The third-order valence-electron chi connectivity index (χ3n) is 2.28. The molecule has 0 aliphatic rings. The molecular formula is C11H15ClFNO2. The number of hydrogen-bond acceptors (Lipinski definition) is 3. The molecule has 0 bridgehead atoms. The topological polar surface area (TPSA) is 30.5 Å². The minimum absolute atomic E-state index is 0.0906. The smallest absolute Gasteiger partial charge is 0.165 e. The van der Waals surface area contributed by atoms with Crippen LogP contribution in [0.25, 0.3) is 0 Å². The molecule has 0 aromatic heterocycles. The summed E-state index contributed by atoms with van der Waals surface area (Å²) in [5.41, 5.74) is 0.621. The van der Waals surface area contributed by atoms with Gasteiger partial charge in [-0.3, -0.25) is 0 Å². The average Bonchev–Trinajstić information content (AvgIpc) is 2.30. The lowest BCUT2D eigenvalue weighted by atomic mass is 10.1. The Bertz CT molecular complexity index is 371. The zero-order chi connectivity index (χ0) is 12.1. The molecule has 0 fully saturated rings. The molecular weight excluding hydrogens is 233 g/mol. The van der Waals surface area contributed by atoms with Gasteiger partial charge in [0.15, 0.2) is 11.5 Å². The SMILES string of the molecule is CNCCc1c(Cl)c(F)cc(OC)c1OC. The van der Waals surface area contributed by atoms with E-state index in [0.717, 1.165) is 0 Å². The summed E-state index contributed by atoms with van der Waals surface area (Å²) in [6.45, 7) is 0.683. The van der Waals surface area contributed by atoms with E-state index in [1.165, 1.54) is 20.3 Å². The molecule has 0 spiro atoms. The average molecular weight is 248 g/mol. The van der Waals surface area contributed by atoms with Crippen molar-refractivity contribution in [1.29, 1.82) is 0 Å². The maximum atomic E-state index is 13.5. The van der Waals surface area contributed by atoms with Crippen molar-refractivity contribution in [1.82, 2.24) is 5.32 Å². The van der Waals surface area contributed by atoms with Gasteiger partial charge in [-0.05, 0) is 20.0 Å². The third-order valence-corrected chi connectivity index (χ3v) is 2.69. The Morgan fingerprint density at radius 3 is 2.56 bits per heavy atom. The van der Waals surface area contributed by atoms with Crippen LogP contribution < -0.4 is 14.8 Å². The van der Waals surface area contributed by atoms with Gasteiger partial charge >= 0.3 is 0 Å². The lowest BCUT2D eigenvalue weighted by Gasteiger charge is -2.14. The van der Waals surface area contributed by atoms with Crippen LogP contribution in [0.2, 0.25) is 5.02 Å². The minimum Gasteiger partial charge on any atom is -0.493 e. The van der Waals surface area contributed by atoms with Gasteiger partial charge in [0.25, 0.3) is 0 Å². The van der Waals surface area contributed by atoms with Crippen LogP contribution in [0.3, 0.4) is 0 Å². The Morgan fingerprint density at radius 1 is 1.38 bits per heavy atom. The Labute approximate surface area is 99.5 Å². The van der Waals surface area contributed by atoms with Crippen LogP contribution in [0, 0.1) is 5.82 Å². The number of halogens is 2. The van der Waals surface area contributed by atoms with Gasteiger partial charge in [0, 0.05) is 11.6 Å². The van der Waals surface area contributed by atoms with E-state index in [9.17, 15) is 4.39 Å². The highest BCUT2D eigenvalue weighted by atomic mass is 35.5. The maximum Gasteiger partial charge on any atom is 0.165 e. The highest BCUT2D eigenvalue weighted by Crippen LogP contribution is 2.37. The fourth-order valence-corrected chi connectivity index (χ4v) is 1.72. The van der Waals surface area contributed by atoms with E-state index in [1.807, 2.05) is 7.05 Å². The zero-order valence-corrected chi connectivity index (χ0v) is 10.3. The first-order valence-electron chi connectivity index (χ1n) is 4.89. The number of methoxy groups -OCH3 is 2. The van der Waals surface area contributed by atoms with Gasteiger partial charge in [-0.2, -0.15) is 0 Å². The second-order valence-corrected chi connectivity index (χ2v) is 3.62. The second-order valence-electron chi connectivity index (χ2n) is 3.24. The quantitative estimate of drug-likeness (QED) is 0.866. The van der Waals surface area contributed by atoms with Gasteiger partial charge in [0.2, 0.25) is 0 Å². The largest absolute Gasteiger partial charge is 0.493 e. The molecule has 1 N–H and O–H groups in total. The molecule has 90 valence electrons. The summed E-state index contributed by atoms with van der Waals surface area (Å²) in [6, 6.07) is 1.23. The number of ether oxygens (including phenoxy) is 2. The van der Waals surface area contributed by atoms with Crippen LogP contribution in [0.5, 0.6) is 11.5 Å². The van der Waals surface area contributed by atoms with Crippen LogP contribution in [0.1, 0.15) is 5.56 Å². The maximum absolute atomic E-state index is 13.5. The molecule has 1 aromatic rings. The van der Waals surface area contributed by atoms with Gasteiger partial charge in [-0.1, -0.05) is 11.6 Å². The van der Waals surface area contributed by atoms with E-state index in [1.54, 1.807) is 0 Å². The van der Waals surface area contributed by atoms with E-state index in [4.69, 9.17) is 21.1 Å². The Balaban J connectivity index is 3.23. The summed E-state index contributed by atoms with van der Waals surface area (Å²) < 4.78 is 23.7. The monoisotopic (exact) mass is 247 g/mol. The number of likely N-dealkylation sites (N-methyl/N-ethyl adjacent to an activating group) is 1. The molecule has 1 aromatic carbocycles. The number of rotatable bonds is 5. The Morgan fingerprint density at radius 2 is 2.06 bits per heavy atom. The van der Waals surface area contributed by atoms with E-state index in [-0.39, 0.29) is 5.02 Å². The molecule has 0 saturated heterocycles. The van der Waals surface area contributed by atoms with Crippen molar-refractivity contribution in [3.05, 3.63) is 22.5 Å². The number of nitrogens with one attached hydrogen (secondary N) is 1. The van der Waals surface area contributed by atoms with Crippen LogP contribution in [0.15, 0.2) is 6.07 Å². The Kier molecular flexibility index (Phi) is 4.83. The predicted octanol–water partition coefficient (Wildman–Crippen LogP) is 2.26. The van der Waals surface area contributed by atoms with Crippen LogP contribution in [-0.2, 0) is 6.42 Å². The van der Waals surface area contributed by atoms with E-state index < -0.39 is 5.82 Å². The first kappa shape index (κ1) is 13.1. The molecule has 0 radical (unpaired) electrons. The summed E-state index contributed by atoms with van der Waals surface area (Å²) in [4.78, 5) is 0. The molecule has 1 rings (SSSR count). The van der Waals surface area contributed by atoms with Crippen molar-refractivity contribution in [2.75, 3.05) is 27.8 Å². The molecule has 0 heterocycles. The van der Waals surface area contributed by atoms with Crippen molar-refractivity contribution in [3.8, 4) is 11.5 Å². The summed E-state index contributed by atoms with van der Waals surface area (Å²) in [5, 5.41) is 3.06. The molecule has 0 amide bonds. The van der Waals surface area contributed by atoms with Gasteiger partial charge in [0.1, 0.15) is 5.82 Å². The van der Waals surface area contributed by atoms with Gasteiger partial charge < -0.3 is 14.8 Å². The van der Waals surface area contributed by atoms with Gasteiger partial charge in [-0.15, -0.1) is 0 Å². The van der Waals surface area contributed by atoms with Crippen molar-refractivity contribution in [2.45, 2.75) is 6.42 Å². The molecule has 0 saturated carbocycles. The van der Waals surface area contributed by atoms with Crippen molar-refractivity contribution < 1.29 is 13.9 Å². The molecule has 5 heteroatoms. The lowest BCUT2D eigenvalue weighted by Crippen LogP contribution is -2.12. The van der Waals surface area contributed by atoms with E-state index in [2.05, 4.69) is 5.32 Å². The van der Waals surface area contributed by atoms with E-state index in [0.29, 0.717) is 30.0 Å². The van der Waals surface area contributed by atoms with E-state index >= 15 is 0 Å². The Hall–Kier alpha value is -1.00. The molecule has 16 heavy (non-hydrogen) atoms. The molecule has 0 unspecified atom stereocenters. The lowest BCUT2D eigenvalue weighted by molar-refractivity contribution is 0.349. The molecule has 0 aliphatic heterocycles. The minimum atomic E-state index is -0.495. The van der Waals surface area contributed by atoms with Crippen LogP contribution >= 0.6 is 11.6 Å². The fourth-order valence-electron chi connectivity index (χ4n) is 1.49. The predicted molar refractivity (Wildman–Crippen MR) is 62.1 cm³/mol. The van der Waals surface area contributed by atoms with Gasteiger partial charge in [-0.25, -0.2) is 4.39 Å². The second kappa shape index (κ2) is 5.92. The third kappa shape index (κ3) is 2.57. The first-order chi connectivity index (χ1) is 7.65. The summed E-state index contributed by atoms with van der Waals surface area (Å²) in [7, 11) is 4.79. The summed E-state index contributed by atoms with van der Waals surface area (Å²) >= 11 is 5.90. The van der Waals surface area contributed by atoms with Crippen molar-refractivity contribution in [2.24, 2.45) is 0 Å². The number of hydrogen-bond donors (Lipinski definition) is 1. The molecule has 0 atom stereocenters. The first-order valence-corrected chi connectivity index (χ1v) is 5.27. The van der Waals surface area contributed by atoms with Crippen molar-refractivity contribution >= 4 is 11.6 Å². The normalized spacial score (nSPS) is 10.3. The summed E-state index contributed by atoms with van der Waals surface area (Å²) in [5.74, 6) is 0.352. The number of benzene rings is 1. The standard InChI is InChI=1S/C11H15ClFNO2/c1-14-5-4-7-10(12)8(13)6-9(15-2)11(7)16-3/h6,14H,4-5H2,1-3H3. The van der Waals surface area contributed by atoms with Gasteiger partial charge in [0.05, 0.1) is 19.2 Å². The van der Waals surface area contributed by atoms with Crippen LogP contribution in [-0.4, -0.2) is 27.8 Å². The summed E-state index contributed by atoms with van der Waals surface area (Å²) in [6.07, 6.45) is 0.576.